The number of anilines is 1. The summed E-state index contributed by atoms with van der Waals surface area (Å²) in [5.41, 5.74) is -1.29. The second-order valence-corrected chi connectivity index (χ2v) is 3.47. The van der Waals surface area contributed by atoms with Crippen LogP contribution in [0.4, 0.5) is 14.5 Å². The van der Waals surface area contributed by atoms with Crippen LogP contribution in [-0.2, 0) is 4.74 Å². The first kappa shape index (κ1) is 9.89. The highest BCUT2D eigenvalue weighted by Crippen LogP contribution is 2.31. The predicted molar refractivity (Wildman–Crippen MR) is 49.9 cm³/mol. The van der Waals surface area contributed by atoms with Crippen molar-refractivity contribution in [2.24, 2.45) is 0 Å². The highest BCUT2D eigenvalue weighted by atomic mass is 19.3. The van der Waals surface area contributed by atoms with Gasteiger partial charge in [0.25, 0.3) is 6.43 Å². The van der Waals surface area contributed by atoms with Crippen LogP contribution in [0, 0.1) is 0 Å². The largest absolute Gasteiger partial charge is 0.429 e. The Labute approximate surface area is 85.0 Å². The zero-order chi connectivity index (χ0) is 11.1. The number of hydrogen-bond acceptors (Lipinski definition) is 3. The summed E-state index contributed by atoms with van der Waals surface area (Å²) in [5.74, 6) is -0.729. The van der Waals surface area contributed by atoms with Crippen LogP contribution in [0.2, 0.25) is 0 Å². The molecule has 1 aromatic rings. The van der Waals surface area contributed by atoms with Crippen molar-refractivity contribution in [2.45, 2.75) is 19.1 Å². The molecular weight excluding hydrogens is 204 g/mol. The van der Waals surface area contributed by atoms with E-state index in [-0.39, 0.29) is 5.56 Å². The van der Waals surface area contributed by atoms with Crippen LogP contribution in [0.3, 0.4) is 0 Å². The number of benzene rings is 1. The average Bonchev–Trinajstić information content (AvgIpc) is 2.17. The van der Waals surface area contributed by atoms with Gasteiger partial charge in [0.15, 0.2) is 0 Å². The van der Waals surface area contributed by atoms with Crippen molar-refractivity contribution >= 4 is 11.7 Å². The van der Waals surface area contributed by atoms with Crippen molar-refractivity contribution in [3.8, 4) is 0 Å². The minimum absolute atomic E-state index is 0.274. The van der Waals surface area contributed by atoms with Crippen molar-refractivity contribution in [3.05, 3.63) is 29.8 Å². The fourth-order valence-electron chi connectivity index (χ4n) is 1.41. The Morgan fingerprint density at radius 3 is 2.73 bits per heavy atom. The second kappa shape index (κ2) is 3.18. The first-order chi connectivity index (χ1) is 7.03. The number of halogens is 2. The van der Waals surface area contributed by atoms with E-state index >= 15 is 0 Å². The zero-order valence-corrected chi connectivity index (χ0v) is 7.96. The van der Waals surface area contributed by atoms with Gasteiger partial charge in [-0.15, -0.1) is 0 Å². The number of rotatable bonds is 1. The van der Waals surface area contributed by atoms with Gasteiger partial charge in [0.05, 0.1) is 11.3 Å². The van der Waals surface area contributed by atoms with E-state index in [4.69, 9.17) is 0 Å². The van der Waals surface area contributed by atoms with Crippen LogP contribution < -0.4 is 5.32 Å². The third-order valence-corrected chi connectivity index (χ3v) is 2.25. The summed E-state index contributed by atoms with van der Waals surface area (Å²) < 4.78 is 29.9. The van der Waals surface area contributed by atoms with E-state index in [0.29, 0.717) is 5.69 Å². The molecule has 1 aliphatic rings. The smallest absolute Gasteiger partial charge is 0.342 e. The summed E-state index contributed by atoms with van der Waals surface area (Å²) >= 11 is 0. The molecule has 1 atom stereocenters. The summed E-state index contributed by atoms with van der Waals surface area (Å²) in [6, 6.07) is 6.40. The van der Waals surface area contributed by atoms with E-state index in [1.807, 2.05) is 0 Å². The number of hydrogen-bond donors (Lipinski definition) is 1. The van der Waals surface area contributed by atoms with Gasteiger partial charge in [0.2, 0.25) is 5.72 Å². The molecule has 0 radical (unpaired) electrons. The summed E-state index contributed by atoms with van der Waals surface area (Å²) in [7, 11) is 0. The molecule has 0 aromatic heterocycles. The van der Waals surface area contributed by atoms with Gasteiger partial charge in [-0.3, -0.25) is 0 Å². The average molecular weight is 213 g/mol. The number of para-hydroxylation sites is 1. The third-order valence-electron chi connectivity index (χ3n) is 2.25. The molecule has 0 saturated heterocycles. The molecule has 1 aliphatic heterocycles. The van der Waals surface area contributed by atoms with E-state index < -0.39 is 18.1 Å². The lowest BCUT2D eigenvalue weighted by atomic mass is 10.1. The monoisotopic (exact) mass is 213 g/mol. The molecule has 1 aromatic carbocycles. The number of alkyl halides is 2. The Balaban J connectivity index is 2.42. The summed E-state index contributed by atoms with van der Waals surface area (Å²) in [5, 5.41) is 2.51. The standard InChI is InChI=1S/C10H9F2NO2/c1-10(9(11)12)13-7-5-3-2-4-6(7)8(14)15-10/h2-5,9,13H,1H3. The number of carbonyl (C=O) groups excluding carboxylic acids is 1. The highest BCUT2D eigenvalue weighted by Gasteiger charge is 2.43. The second-order valence-electron chi connectivity index (χ2n) is 3.47. The molecule has 1 unspecified atom stereocenters. The Morgan fingerprint density at radius 2 is 2.07 bits per heavy atom. The normalized spacial score (nSPS) is 24.4. The number of cyclic esters (lactones) is 1. The zero-order valence-electron chi connectivity index (χ0n) is 7.96. The van der Waals surface area contributed by atoms with Gasteiger partial charge in [0, 0.05) is 6.92 Å². The maximum Gasteiger partial charge on any atom is 0.342 e. The lowest BCUT2D eigenvalue weighted by Crippen LogP contribution is -2.49. The molecule has 80 valence electrons. The number of fused-ring (bicyclic) bond motifs is 1. The van der Waals surface area contributed by atoms with Crippen molar-refractivity contribution in [1.82, 2.24) is 0 Å². The SMILES string of the molecule is CC1(C(F)F)Nc2ccccc2C(=O)O1. The van der Waals surface area contributed by atoms with Crippen LogP contribution in [-0.4, -0.2) is 18.1 Å². The number of nitrogens with one attached hydrogen (secondary N) is 1. The molecular formula is C10H9F2NO2. The molecule has 0 saturated carbocycles. The van der Waals surface area contributed by atoms with E-state index in [1.54, 1.807) is 18.2 Å². The van der Waals surface area contributed by atoms with Crippen LogP contribution >= 0.6 is 0 Å². The maximum atomic E-state index is 12.6. The molecule has 0 amide bonds. The topological polar surface area (TPSA) is 38.3 Å². The lowest BCUT2D eigenvalue weighted by Gasteiger charge is -2.35. The summed E-state index contributed by atoms with van der Waals surface area (Å²) in [6.07, 6.45) is -2.78. The Kier molecular flexibility index (Phi) is 2.10. The van der Waals surface area contributed by atoms with Gasteiger partial charge < -0.3 is 10.1 Å². The van der Waals surface area contributed by atoms with Crippen molar-refractivity contribution in [2.75, 3.05) is 5.32 Å². The molecule has 1 heterocycles. The lowest BCUT2D eigenvalue weighted by molar-refractivity contribution is -0.0828. The van der Waals surface area contributed by atoms with Crippen LogP contribution in [0.5, 0.6) is 0 Å². The van der Waals surface area contributed by atoms with E-state index in [0.717, 1.165) is 6.92 Å². The van der Waals surface area contributed by atoms with Crippen molar-refractivity contribution in [3.63, 3.8) is 0 Å². The fraction of sp³-hybridized carbons (Fsp3) is 0.300. The summed E-state index contributed by atoms with van der Waals surface area (Å²) in [6.45, 7) is 1.14. The first-order valence-corrected chi connectivity index (χ1v) is 4.41. The Bertz CT molecular complexity index is 408. The fourth-order valence-corrected chi connectivity index (χ4v) is 1.41. The minimum atomic E-state index is -2.78. The number of esters is 1. The van der Waals surface area contributed by atoms with E-state index in [1.165, 1.54) is 6.07 Å². The maximum absolute atomic E-state index is 12.6. The molecule has 15 heavy (non-hydrogen) atoms. The number of carbonyl (C=O) groups is 1. The van der Waals surface area contributed by atoms with Crippen molar-refractivity contribution in [1.29, 1.82) is 0 Å². The molecule has 0 bridgehead atoms. The van der Waals surface area contributed by atoms with Gasteiger partial charge in [-0.2, -0.15) is 0 Å². The van der Waals surface area contributed by atoms with Crippen molar-refractivity contribution < 1.29 is 18.3 Å². The Morgan fingerprint density at radius 1 is 1.40 bits per heavy atom. The summed E-state index contributed by atoms with van der Waals surface area (Å²) in [4.78, 5) is 11.4. The van der Waals surface area contributed by atoms with Gasteiger partial charge in [-0.1, -0.05) is 12.1 Å². The van der Waals surface area contributed by atoms with Gasteiger partial charge in [-0.25, -0.2) is 13.6 Å². The van der Waals surface area contributed by atoms with Gasteiger partial charge in [0.1, 0.15) is 0 Å². The first-order valence-electron chi connectivity index (χ1n) is 4.41. The molecule has 0 spiro atoms. The quantitative estimate of drug-likeness (QED) is 0.727. The number of ether oxygens (including phenoxy) is 1. The van der Waals surface area contributed by atoms with Crippen LogP contribution in [0.25, 0.3) is 0 Å². The minimum Gasteiger partial charge on any atom is -0.429 e. The molecule has 0 aliphatic carbocycles. The third kappa shape index (κ3) is 1.54. The molecule has 5 heteroatoms. The van der Waals surface area contributed by atoms with E-state index in [9.17, 15) is 13.6 Å². The van der Waals surface area contributed by atoms with E-state index in [2.05, 4.69) is 10.1 Å². The Hall–Kier alpha value is -1.65. The predicted octanol–water partition coefficient (Wildman–Crippen LogP) is 2.25. The van der Waals surface area contributed by atoms with Gasteiger partial charge in [-0.05, 0) is 12.1 Å². The molecule has 2 rings (SSSR count). The molecule has 0 fully saturated rings. The molecule has 3 nitrogen and oxygen atoms in total. The molecule has 1 N–H and O–H groups in total. The van der Waals surface area contributed by atoms with Gasteiger partial charge >= 0.3 is 5.97 Å². The van der Waals surface area contributed by atoms with Crippen LogP contribution in [0.15, 0.2) is 24.3 Å². The highest BCUT2D eigenvalue weighted by molar-refractivity contribution is 5.97. The van der Waals surface area contributed by atoms with Crippen LogP contribution in [0.1, 0.15) is 17.3 Å².